The number of thiophene rings is 1. The van der Waals surface area contributed by atoms with Gasteiger partial charge in [-0.1, -0.05) is 30.3 Å². The number of ether oxygens (including phenoxy) is 2. The summed E-state index contributed by atoms with van der Waals surface area (Å²) in [4.78, 5) is 39.3. The number of hydrogen-bond acceptors (Lipinski definition) is 7. The van der Waals surface area contributed by atoms with E-state index in [1.807, 2.05) is 30.3 Å². The first-order valence-electron chi connectivity index (χ1n) is 11.9. The molecule has 8 heteroatoms. The smallest absolute Gasteiger partial charge is 0.341 e. The molecular weight excluding hydrogens is 478 g/mol. The van der Waals surface area contributed by atoms with Gasteiger partial charge in [0, 0.05) is 10.9 Å². The average Bonchev–Trinajstić information content (AvgIpc) is 3.26. The largest absolute Gasteiger partial charge is 0.484 e. The van der Waals surface area contributed by atoms with Crippen molar-refractivity contribution >= 4 is 39.2 Å². The predicted octanol–water partition coefficient (Wildman–Crippen LogP) is 5.59. The molecule has 1 aliphatic carbocycles. The van der Waals surface area contributed by atoms with Gasteiger partial charge in [-0.25, -0.2) is 4.79 Å². The van der Waals surface area contributed by atoms with Crippen LogP contribution in [0.15, 0.2) is 64.0 Å². The Bertz CT molecular complexity index is 1490. The number of carbonyl (C=O) groups is 2. The Labute approximate surface area is 211 Å². The van der Waals surface area contributed by atoms with Gasteiger partial charge in [0.1, 0.15) is 22.6 Å². The second kappa shape index (κ2) is 10.4. The molecule has 2 aromatic carbocycles. The number of aryl methyl sites for hydroxylation is 1. The van der Waals surface area contributed by atoms with Crippen molar-refractivity contribution in [2.75, 3.05) is 18.5 Å². The fourth-order valence-corrected chi connectivity index (χ4v) is 5.69. The van der Waals surface area contributed by atoms with E-state index < -0.39 is 5.97 Å². The number of esters is 1. The highest BCUT2D eigenvalue weighted by Crippen LogP contribution is 2.38. The summed E-state index contributed by atoms with van der Waals surface area (Å²) in [6.07, 6.45) is 5.22. The van der Waals surface area contributed by atoms with Crippen molar-refractivity contribution in [2.45, 2.75) is 32.6 Å². The number of anilines is 1. The minimum atomic E-state index is -0.410. The van der Waals surface area contributed by atoms with Gasteiger partial charge in [-0.15, -0.1) is 11.3 Å². The molecule has 0 fully saturated rings. The van der Waals surface area contributed by atoms with Gasteiger partial charge in [0.2, 0.25) is 0 Å². The molecule has 4 aromatic rings. The lowest BCUT2D eigenvalue weighted by atomic mass is 9.95. The molecule has 2 aromatic heterocycles. The van der Waals surface area contributed by atoms with Crippen LogP contribution in [0.4, 0.5) is 5.00 Å². The van der Waals surface area contributed by atoms with E-state index in [0.717, 1.165) is 41.7 Å². The highest BCUT2D eigenvalue weighted by Gasteiger charge is 2.27. The number of hydrogen-bond donors (Lipinski definition) is 1. The summed E-state index contributed by atoms with van der Waals surface area (Å²) in [7, 11) is 0. The Kier molecular flexibility index (Phi) is 6.86. The quantitative estimate of drug-likeness (QED) is 0.330. The van der Waals surface area contributed by atoms with E-state index in [4.69, 9.17) is 13.9 Å². The van der Waals surface area contributed by atoms with Crippen LogP contribution in [0.5, 0.6) is 5.75 Å². The molecule has 0 saturated heterocycles. The van der Waals surface area contributed by atoms with Crippen LogP contribution < -0.4 is 15.5 Å². The van der Waals surface area contributed by atoms with Gasteiger partial charge >= 0.3 is 5.97 Å². The number of carbonyl (C=O) groups excluding carboxylic acids is 2. The lowest BCUT2D eigenvalue weighted by molar-refractivity contribution is -0.118. The van der Waals surface area contributed by atoms with Crippen molar-refractivity contribution < 1.29 is 23.5 Å². The zero-order valence-electron chi connectivity index (χ0n) is 19.8. The standard InChI is InChI=1S/C28H25NO6S/c1-2-33-28(32)25-20-10-6-7-11-23(20)36-27(25)29-24(30)16-34-18-12-13-19-22(14-18)35-15-21(26(19)31)17-8-4-3-5-9-17/h3-5,8-9,12-15H,2,6-7,10-11,16H2,1H3,(H,29,30). The summed E-state index contributed by atoms with van der Waals surface area (Å²) in [6.45, 7) is 1.77. The second-order valence-electron chi connectivity index (χ2n) is 8.47. The van der Waals surface area contributed by atoms with E-state index in [1.165, 1.54) is 17.6 Å². The van der Waals surface area contributed by atoms with Gasteiger partial charge in [-0.3, -0.25) is 9.59 Å². The second-order valence-corrected chi connectivity index (χ2v) is 9.58. The first kappa shape index (κ1) is 23.8. The first-order valence-corrected chi connectivity index (χ1v) is 12.7. The Morgan fingerprint density at radius 1 is 1.08 bits per heavy atom. The number of amides is 1. The summed E-state index contributed by atoms with van der Waals surface area (Å²) in [5.74, 6) is -0.406. The highest BCUT2D eigenvalue weighted by atomic mass is 32.1. The molecule has 0 radical (unpaired) electrons. The predicted molar refractivity (Wildman–Crippen MR) is 139 cm³/mol. The van der Waals surface area contributed by atoms with Gasteiger partial charge in [0.25, 0.3) is 5.91 Å². The van der Waals surface area contributed by atoms with Crippen molar-refractivity contribution in [1.82, 2.24) is 0 Å². The molecule has 0 aliphatic heterocycles. The van der Waals surface area contributed by atoms with Crippen LogP contribution in [-0.4, -0.2) is 25.1 Å². The van der Waals surface area contributed by atoms with E-state index in [9.17, 15) is 14.4 Å². The van der Waals surface area contributed by atoms with Crippen LogP contribution in [-0.2, 0) is 22.4 Å². The zero-order chi connectivity index (χ0) is 25.1. The third-order valence-electron chi connectivity index (χ3n) is 6.10. The molecule has 0 atom stereocenters. The average molecular weight is 504 g/mol. The van der Waals surface area contributed by atoms with E-state index in [-0.39, 0.29) is 24.5 Å². The lowest BCUT2D eigenvalue weighted by Crippen LogP contribution is -2.21. The molecule has 7 nitrogen and oxygen atoms in total. The topological polar surface area (TPSA) is 94.8 Å². The molecule has 0 spiro atoms. The Balaban J connectivity index is 1.31. The van der Waals surface area contributed by atoms with Crippen LogP contribution >= 0.6 is 11.3 Å². The van der Waals surface area contributed by atoms with E-state index in [0.29, 0.717) is 32.8 Å². The van der Waals surface area contributed by atoms with Gasteiger partial charge < -0.3 is 19.2 Å². The molecule has 0 unspecified atom stereocenters. The number of rotatable bonds is 7. The van der Waals surface area contributed by atoms with Crippen LogP contribution in [0, 0.1) is 0 Å². The summed E-state index contributed by atoms with van der Waals surface area (Å²) < 4.78 is 16.6. The SMILES string of the molecule is CCOC(=O)c1c(NC(=O)COc2ccc3c(=O)c(-c4ccccc4)coc3c2)sc2c1CCCC2. The molecule has 2 heterocycles. The normalized spacial score (nSPS) is 12.7. The number of benzene rings is 2. The fourth-order valence-electron chi connectivity index (χ4n) is 4.40. The Hall–Kier alpha value is -3.91. The van der Waals surface area contributed by atoms with Crippen molar-refractivity contribution in [1.29, 1.82) is 0 Å². The van der Waals surface area contributed by atoms with Crippen molar-refractivity contribution in [2.24, 2.45) is 0 Å². The van der Waals surface area contributed by atoms with E-state index >= 15 is 0 Å². The zero-order valence-corrected chi connectivity index (χ0v) is 20.6. The molecule has 184 valence electrons. The summed E-state index contributed by atoms with van der Waals surface area (Å²) >= 11 is 1.43. The minimum Gasteiger partial charge on any atom is -0.484 e. The lowest BCUT2D eigenvalue weighted by Gasteiger charge is -2.12. The van der Waals surface area contributed by atoms with E-state index in [1.54, 1.807) is 25.1 Å². The van der Waals surface area contributed by atoms with Crippen molar-refractivity contribution in [3.05, 3.63) is 81.0 Å². The van der Waals surface area contributed by atoms with Crippen LogP contribution in [0.25, 0.3) is 22.1 Å². The first-order chi connectivity index (χ1) is 17.5. The van der Waals surface area contributed by atoms with Crippen LogP contribution in [0.3, 0.4) is 0 Å². The molecule has 0 bridgehead atoms. The molecule has 5 rings (SSSR count). The summed E-state index contributed by atoms with van der Waals surface area (Å²) in [6, 6.07) is 14.2. The van der Waals surface area contributed by atoms with E-state index in [2.05, 4.69) is 5.32 Å². The monoisotopic (exact) mass is 503 g/mol. The van der Waals surface area contributed by atoms with Crippen molar-refractivity contribution in [3.63, 3.8) is 0 Å². The third kappa shape index (κ3) is 4.77. The minimum absolute atomic E-state index is 0.139. The fraction of sp³-hybridized carbons (Fsp3) is 0.250. The number of nitrogens with one attached hydrogen (secondary N) is 1. The molecule has 1 aliphatic rings. The van der Waals surface area contributed by atoms with Crippen LogP contribution in [0.2, 0.25) is 0 Å². The van der Waals surface area contributed by atoms with Gasteiger partial charge in [0.15, 0.2) is 12.0 Å². The van der Waals surface area contributed by atoms with Gasteiger partial charge in [0.05, 0.1) is 23.1 Å². The Morgan fingerprint density at radius 2 is 1.89 bits per heavy atom. The molecular formula is C28H25NO6S. The summed E-state index contributed by atoms with van der Waals surface area (Å²) in [5, 5.41) is 3.76. The number of fused-ring (bicyclic) bond motifs is 2. The Morgan fingerprint density at radius 3 is 2.69 bits per heavy atom. The molecule has 1 amide bonds. The third-order valence-corrected chi connectivity index (χ3v) is 7.31. The van der Waals surface area contributed by atoms with Gasteiger partial charge in [-0.05, 0) is 55.9 Å². The molecule has 1 N–H and O–H groups in total. The maximum atomic E-state index is 12.9. The molecule has 36 heavy (non-hydrogen) atoms. The summed E-state index contributed by atoms with van der Waals surface area (Å²) in [5.41, 5.74) is 2.94. The van der Waals surface area contributed by atoms with Gasteiger partial charge in [-0.2, -0.15) is 0 Å². The highest BCUT2D eigenvalue weighted by molar-refractivity contribution is 7.17. The van der Waals surface area contributed by atoms with Crippen LogP contribution in [0.1, 0.15) is 40.6 Å². The molecule has 0 saturated carbocycles. The maximum Gasteiger partial charge on any atom is 0.341 e. The van der Waals surface area contributed by atoms with Crippen molar-refractivity contribution in [3.8, 4) is 16.9 Å². The maximum absolute atomic E-state index is 12.9.